The summed E-state index contributed by atoms with van der Waals surface area (Å²) in [6, 6.07) is 2.29. The van der Waals surface area contributed by atoms with Crippen LogP contribution in [0, 0.1) is 13.8 Å². The molecule has 1 aliphatic rings. The van der Waals surface area contributed by atoms with Gasteiger partial charge in [-0.3, -0.25) is 4.79 Å². The molecule has 1 aliphatic heterocycles. The van der Waals surface area contributed by atoms with Crippen molar-refractivity contribution in [1.82, 2.24) is 19.9 Å². The predicted molar refractivity (Wildman–Crippen MR) is 76.9 cm³/mol. The number of hydrogen-bond donors (Lipinski definition) is 1. The number of aromatic nitrogens is 3. The van der Waals surface area contributed by atoms with E-state index in [1.54, 1.807) is 6.92 Å². The van der Waals surface area contributed by atoms with E-state index >= 15 is 0 Å². The highest BCUT2D eigenvalue weighted by Crippen LogP contribution is 2.25. The van der Waals surface area contributed by atoms with Gasteiger partial charge in [-0.2, -0.15) is 5.10 Å². The fourth-order valence-electron chi connectivity index (χ4n) is 2.81. The number of fused-ring (bicyclic) bond motifs is 1. The van der Waals surface area contributed by atoms with E-state index in [9.17, 15) is 4.79 Å². The predicted octanol–water partition coefficient (Wildman–Crippen LogP) is 1.06. The Morgan fingerprint density at radius 3 is 2.95 bits per heavy atom. The summed E-state index contributed by atoms with van der Waals surface area (Å²) in [5, 5.41) is 7.44. The Morgan fingerprint density at radius 1 is 1.40 bits per heavy atom. The summed E-state index contributed by atoms with van der Waals surface area (Å²) in [6.45, 7) is 7.27. The first-order valence-electron chi connectivity index (χ1n) is 6.88. The molecule has 1 saturated heterocycles. The molecule has 0 unspecified atom stereocenters. The molecule has 20 heavy (non-hydrogen) atoms. The molecular weight excluding hydrogens is 254 g/mol. The summed E-state index contributed by atoms with van der Waals surface area (Å²) >= 11 is 0. The first kappa shape index (κ1) is 12.9. The Bertz CT molecular complexity index is 663. The lowest BCUT2D eigenvalue weighted by Crippen LogP contribution is -2.35. The summed E-state index contributed by atoms with van der Waals surface area (Å²) in [7, 11) is 0. The number of carbonyl (C=O) groups is 1. The minimum absolute atomic E-state index is 0.0320. The van der Waals surface area contributed by atoms with Gasteiger partial charge in [-0.05, 0) is 26.3 Å². The molecule has 2 aromatic rings. The number of nitrogens with zero attached hydrogens (tertiary/aromatic N) is 4. The van der Waals surface area contributed by atoms with Gasteiger partial charge in [0.1, 0.15) is 0 Å². The van der Waals surface area contributed by atoms with E-state index in [1.165, 1.54) is 0 Å². The van der Waals surface area contributed by atoms with E-state index in [0.717, 1.165) is 42.2 Å². The van der Waals surface area contributed by atoms with E-state index in [0.29, 0.717) is 0 Å². The van der Waals surface area contributed by atoms with Crippen LogP contribution in [-0.4, -0.2) is 39.6 Å². The van der Waals surface area contributed by atoms with E-state index in [2.05, 4.69) is 26.4 Å². The number of amides is 1. The normalized spacial score (nSPS) is 18.8. The van der Waals surface area contributed by atoms with Crippen molar-refractivity contribution in [3.05, 3.63) is 23.7 Å². The summed E-state index contributed by atoms with van der Waals surface area (Å²) in [6.07, 6.45) is 2.90. The van der Waals surface area contributed by atoms with Gasteiger partial charge in [0.25, 0.3) is 0 Å². The maximum absolute atomic E-state index is 11.2. The Labute approximate surface area is 117 Å². The van der Waals surface area contributed by atoms with Gasteiger partial charge in [0.15, 0.2) is 5.65 Å². The molecule has 1 N–H and O–H groups in total. The molecule has 106 valence electrons. The number of aryl methyl sites for hydroxylation is 2. The van der Waals surface area contributed by atoms with Crippen LogP contribution in [0.3, 0.4) is 0 Å². The molecule has 2 aromatic heterocycles. The number of nitrogens with one attached hydrogen (secondary N) is 1. The van der Waals surface area contributed by atoms with Crippen molar-refractivity contribution in [3.8, 4) is 0 Å². The third-order valence-corrected chi connectivity index (χ3v) is 3.58. The van der Waals surface area contributed by atoms with Crippen LogP contribution in [-0.2, 0) is 4.79 Å². The third-order valence-electron chi connectivity index (χ3n) is 3.58. The van der Waals surface area contributed by atoms with E-state index < -0.39 is 0 Å². The van der Waals surface area contributed by atoms with Crippen LogP contribution in [0.15, 0.2) is 12.3 Å². The van der Waals surface area contributed by atoms with Crippen molar-refractivity contribution in [3.63, 3.8) is 0 Å². The lowest BCUT2D eigenvalue weighted by Gasteiger charge is -2.19. The van der Waals surface area contributed by atoms with Crippen LogP contribution in [0.25, 0.3) is 5.65 Å². The average molecular weight is 273 g/mol. The fourth-order valence-corrected chi connectivity index (χ4v) is 2.81. The molecule has 6 nitrogen and oxygen atoms in total. The van der Waals surface area contributed by atoms with Crippen LogP contribution in [0.4, 0.5) is 5.69 Å². The van der Waals surface area contributed by atoms with Crippen molar-refractivity contribution in [2.24, 2.45) is 0 Å². The van der Waals surface area contributed by atoms with E-state index in [1.807, 2.05) is 24.6 Å². The van der Waals surface area contributed by atoms with Crippen molar-refractivity contribution in [2.75, 3.05) is 18.0 Å². The zero-order valence-electron chi connectivity index (χ0n) is 12.1. The monoisotopic (exact) mass is 273 g/mol. The molecule has 0 aromatic carbocycles. The van der Waals surface area contributed by atoms with Crippen molar-refractivity contribution >= 4 is 17.2 Å². The van der Waals surface area contributed by atoms with Crippen molar-refractivity contribution < 1.29 is 4.79 Å². The Kier molecular flexibility index (Phi) is 3.08. The number of anilines is 1. The number of hydrogen-bond acceptors (Lipinski definition) is 4. The summed E-state index contributed by atoms with van der Waals surface area (Å²) in [4.78, 5) is 18.0. The van der Waals surface area contributed by atoms with Gasteiger partial charge in [-0.15, -0.1) is 0 Å². The van der Waals surface area contributed by atoms with Gasteiger partial charge in [-0.1, -0.05) is 0 Å². The van der Waals surface area contributed by atoms with Gasteiger partial charge in [0.2, 0.25) is 5.91 Å². The first-order chi connectivity index (χ1) is 9.52. The lowest BCUT2D eigenvalue weighted by atomic mass is 10.2. The second-order valence-electron chi connectivity index (χ2n) is 5.45. The van der Waals surface area contributed by atoms with Crippen LogP contribution in [0.1, 0.15) is 24.7 Å². The van der Waals surface area contributed by atoms with Gasteiger partial charge >= 0.3 is 0 Å². The Balaban J connectivity index is 1.92. The smallest absolute Gasteiger partial charge is 0.217 e. The Hall–Kier alpha value is -2.11. The van der Waals surface area contributed by atoms with Crippen LogP contribution in [0.5, 0.6) is 0 Å². The highest BCUT2D eigenvalue weighted by atomic mass is 16.1. The molecule has 0 radical (unpaired) electrons. The summed E-state index contributed by atoms with van der Waals surface area (Å²) < 4.78 is 1.84. The lowest BCUT2D eigenvalue weighted by molar-refractivity contribution is -0.119. The third kappa shape index (κ3) is 2.33. The number of rotatable bonds is 2. The zero-order valence-corrected chi connectivity index (χ0v) is 12.1. The van der Waals surface area contributed by atoms with Crippen LogP contribution >= 0.6 is 0 Å². The largest absolute Gasteiger partial charge is 0.366 e. The SMILES string of the molecule is CC(=O)N[C@@H]1CCN(c2cc(C)nn3cc(C)nc23)C1. The molecule has 1 atom stereocenters. The summed E-state index contributed by atoms with van der Waals surface area (Å²) in [5.74, 6) is 0.0320. The molecule has 1 fully saturated rings. The number of imidazole rings is 1. The molecule has 3 rings (SSSR count). The molecule has 0 bridgehead atoms. The highest BCUT2D eigenvalue weighted by molar-refractivity contribution is 5.74. The number of carbonyl (C=O) groups excluding carboxylic acids is 1. The molecule has 6 heteroatoms. The van der Waals surface area contributed by atoms with Gasteiger partial charge in [0, 0.05) is 26.1 Å². The molecule has 0 saturated carbocycles. The van der Waals surface area contributed by atoms with Gasteiger partial charge in [-0.25, -0.2) is 9.50 Å². The zero-order chi connectivity index (χ0) is 14.3. The minimum Gasteiger partial charge on any atom is -0.366 e. The van der Waals surface area contributed by atoms with Crippen molar-refractivity contribution in [1.29, 1.82) is 0 Å². The van der Waals surface area contributed by atoms with E-state index in [-0.39, 0.29) is 11.9 Å². The molecule has 1 amide bonds. The fraction of sp³-hybridized carbons (Fsp3) is 0.500. The standard InChI is InChI=1S/C14H19N5O/c1-9-6-13(14-15-10(2)7-19(14)17-9)18-5-4-12(8-18)16-11(3)20/h6-7,12H,4-5,8H2,1-3H3,(H,16,20)/t12-/m1/s1. The maximum atomic E-state index is 11.2. The second-order valence-corrected chi connectivity index (χ2v) is 5.45. The van der Waals surface area contributed by atoms with Gasteiger partial charge in [0.05, 0.1) is 23.3 Å². The Morgan fingerprint density at radius 2 is 2.20 bits per heavy atom. The van der Waals surface area contributed by atoms with Crippen LogP contribution < -0.4 is 10.2 Å². The van der Waals surface area contributed by atoms with E-state index in [4.69, 9.17) is 0 Å². The quantitative estimate of drug-likeness (QED) is 0.888. The average Bonchev–Trinajstić information content (AvgIpc) is 2.93. The highest BCUT2D eigenvalue weighted by Gasteiger charge is 2.25. The second kappa shape index (κ2) is 4.77. The molecule has 3 heterocycles. The molecule has 0 aliphatic carbocycles. The van der Waals surface area contributed by atoms with Crippen molar-refractivity contribution in [2.45, 2.75) is 33.2 Å². The maximum Gasteiger partial charge on any atom is 0.217 e. The molecular formula is C14H19N5O. The topological polar surface area (TPSA) is 62.5 Å². The van der Waals surface area contributed by atoms with Crippen LogP contribution in [0.2, 0.25) is 0 Å². The van der Waals surface area contributed by atoms with Gasteiger partial charge < -0.3 is 10.2 Å². The first-order valence-corrected chi connectivity index (χ1v) is 6.88. The summed E-state index contributed by atoms with van der Waals surface area (Å²) in [5.41, 5.74) is 3.91. The molecule has 0 spiro atoms. The minimum atomic E-state index is 0.0320.